The molecule has 0 fully saturated rings. The van der Waals surface area contributed by atoms with Gasteiger partial charge in [0.05, 0.1) is 17.3 Å². The molecule has 6 heteroatoms. The first-order valence-electron chi connectivity index (χ1n) is 4.71. The molecule has 0 saturated heterocycles. The van der Waals surface area contributed by atoms with E-state index in [1.807, 2.05) is 27.9 Å². The van der Waals surface area contributed by atoms with Gasteiger partial charge in [-0.05, 0) is 36.8 Å². The lowest BCUT2D eigenvalue weighted by atomic mass is 9.96. The predicted octanol–water partition coefficient (Wildman–Crippen LogP) is 1.26. The van der Waals surface area contributed by atoms with E-state index in [1.165, 1.54) is 0 Å². The molecule has 0 amide bonds. The van der Waals surface area contributed by atoms with Gasteiger partial charge in [0, 0.05) is 14.2 Å². The van der Waals surface area contributed by atoms with E-state index in [4.69, 9.17) is 4.74 Å². The molecule has 0 radical (unpaired) electrons. The van der Waals surface area contributed by atoms with E-state index in [2.05, 4.69) is 31.6 Å². The molecule has 15 heavy (non-hydrogen) atoms. The van der Waals surface area contributed by atoms with Crippen molar-refractivity contribution in [3.63, 3.8) is 0 Å². The largest absolute Gasteiger partial charge is 0.377 e. The van der Waals surface area contributed by atoms with Crippen LogP contribution in [0.1, 0.15) is 25.6 Å². The minimum Gasteiger partial charge on any atom is -0.377 e. The molecule has 0 aliphatic rings. The van der Waals surface area contributed by atoms with Crippen molar-refractivity contribution in [1.82, 2.24) is 20.3 Å². The Hall–Kier alpha value is -0.460. The molecule has 1 N–H and O–H groups in total. The molecule has 0 aromatic carbocycles. The average molecular weight is 277 g/mol. The highest BCUT2D eigenvalue weighted by atomic mass is 79.9. The Morgan fingerprint density at radius 2 is 2.13 bits per heavy atom. The lowest BCUT2D eigenvalue weighted by molar-refractivity contribution is -0.0113. The second-order valence-corrected chi connectivity index (χ2v) is 4.67. The van der Waals surface area contributed by atoms with Crippen molar-refractivity contribution in [3.05, 3.63) is 10.3 Å². The zero-order valence-electron chi connectivity index (χ0n) is 9.71. The molecular weight excluding hydrogens is 260 g/mol. The van der Waals surface area contributed by atoms with Gasteiger partial charge in [0.1, 0.15) is 0 Å². The molecule has 86 valence electrons. The number of hydrogen-bond donors (Lipinski definition) is 1. The van der Waals surface area contributed by atoms with Gasteiger partial charge in [-0.25, -0.2) is 4.68 Å². The van der Waals surface area contributed by atoms with Gasteiger partial charge in [-0.15, -0.1) is 5.10 Å². The minimum absolute atomic E-state index is 0.0249. The molecule has 0 aliphatic carbocycles. The van der Waals surface area contributed by atoms with Crippen molar-refractivity contribution in [3.8, 4) is 0 Å². The normalized spacial score (nSPS) is 14.3. The van der Waals surface area contributed by atoms with E-state index < -0.39 is 0 Å². The third-order valence-electron chi connectivity index (χ3n) is 2.61. The molecule has 1 heterocycles. The molecule has 1 unspecified atom stereocenters. The Morgan fingerprint density at radius 3 is 2.47 bits per heavy atom. The van der Waals surface area contributed by atoms with Gasteiger partial charge in [-0.1, -0.05) is 5.21 Å². The first-order chi connectivity index (χ1) is 6.94. The fourth-order valence-electron chi connectivity index (χ4n) is 1.58. The second-order valence-electron chi connectivity index (χ2n) is 3.92. The van der Waals surface area contributed by atoms with Crippen LogP contribution in [0.3, 0.4) is 0 Å². The van der Waals surface area contributed by atoms with Crippen LogP contribution in [0.25, 0.3) is 0 Å². The smallest absolute Gasteiger partial charge is 0.153 e. The van der Waals surface area contributed by atoms with Crippen molar-refractivity contribution in [1.29, 1.82) is 0 Å². The number of nitrogens with one attached hydrogen (secondary N) is 1. The summed E-state index contributed by atoms with van der Waals surface area (Å²) in [6, 6.07) is 0.0249. The average Bonchev–Trinajstić information content (AvgIpc) is 2.50. The van der Waals surface area contributed by atoms with Crippen LogP contribution < -0.4 is 5.32 Å². The third kappa shape index (κ3) is 2.38. The molecule has 0 bridgehead atoms. The van der Waals surface area contributed by atoms with Gasteiger partial charge in [0.25, 0.3) is 0 Å². The molecule has 1 aromatic heterocycles. The minimum atomic E-state index is -0.327. The van der Waals surface area contributed by atoms with Crippen LogP contribution in [0.15, 0.2) is 4.60 Å². The number of nitrogens with zero attached hydrogens (tertiary/aromatic N) is 3. The van der Waals surface area contributed by atoms with E-state index in [0.29, 0.717) is 0 Å². The Kier molecular flexibility index (Phi) is 3.86. The first kappa shape index (κ1) is 12.6. The van der Waals surface area contributed by atoms with Gasteiger partial charge in [0.15, 0.2) is 4.60 Å². The molecule has 0 spiro atoms. The van der Waals surface area contributed by atoms with Crippen LogP contribution in [0.4, 0.5) is 0 Å². The van der Waals surface area contributed by atoms with E-state index in [9.17, 15) is 0 Å². The van der Waals surface area contributed by atoms with Crippen LogP contribution in [-0.2, 0) is 11.8 Å². The Bertz CT molecular complexity index is 317. The number of aryl methyl sites for hydroxylation is 1. The summed E-state index contributed by atoms with van der Waals surface area (Å²) in [4.78, 5) is 0. The lowest BCUT2D eigenvalue weighted by Crippen LogP contribution is -2.40. The highest BCUT2D eigenvalue weighted by Crippen LogP contribution is 2.31. The van der Waals surface area contributed by atoms with Gasteiger partial charge >= 0.3 is 0 Å². The van der Waals surface area contributed by atoms with Crippen molar-refractivity contribution < 1.29 is 4.74 Å². The maximum atomic E-state index is 5.47. The highest BCUT2D eigenvalue weighted by Gasteiger charge is 2.33. The molecule has 1 aromatic rings. The van der Waals surface area contributed by atoms with Crippen LogP contribution >= 0.6 is 15.9 Å². The molecule has 5 nitrogen and oxygen atoms in total. The molecule has 0 aliphatic heterocycles. The SMILES string of the molecule is CNC(c1c(Br)nnn1C)C(C)(C)OC. The number of methoxy groups -OCH3 is 1. The molecule has 1 rings (SSSR count). The summed E-state index contributed by atoms with van der Waals surface area (Å²) < 4.78 is 7.96. The quantitative estimate of drug-likeness (QED) is 0.900. The maximum Gasteiger partial charge on any atom is 0.153 e. The van der Waals surface area contributed by atoms with E-state index in [1.54, 1.807) is 11.8 Å². The number of hydrogen-bond acceptors (Lipinski definition) is 4. The van der Waals surface area contributed by atoms with E-state index in [-0.39, 0.29) is 11.6 Å². The van der Waals surface area contributed by atoms with E-state index in [0.717, 1.165) is 10.3 Å². The fraction of sp³-hybridized carbons (Fsp3) is 0.778. The summed E-state index contributed by atoms with van der Waals surface area (Å²) in [7, 11) is 5.45. The van der Waals surface area contributed by atoms with Gasteiger partial charge in [0.2, 0.25) is 0 Å². The second kappa shape index (κ2) is 4.59. The number of ether oxygens (including phenoxy) is 1. The summed E-state index contributed by atoms with van der Waals surface area (Å²) >= 11 is 3.39. The van der Waals surface area contributed by atoms with Crippen LogP contribution in [0, 0.1) is 0 Å². The summed E-state index contributed by atoms with van der Waals surface area (Å²) in [5, 5.41) is 11.1. The molecule has 0 saturated carbocycles. The van der Waals surface area contributed by atoms with Crippen molar-refractivity contribution in [2.75, 3.05) is 14.2 Å². The Balaban J connectivity index is 3.13. The van der Waals surface area contributed by atoms with Crippen LogP contribution in [0.2, 0.25) is 0 Å². The van der Waals surface area contributed by atoms with Crippen molar-refractivity contribution >= 4 is 15.9 Å². The highest BCUT2D eigenvalue weighted by molar-refractivity contribution is 9.10. The standard InChI is InChI=1S/C9H17BrN4O/c1-9(2,15-5)7(11-3)6-8(10)12-13-14(6)4/h7,11H,1-5H3. The number of rotatable bonds is 4. The van der Waals surface area contributed by atoms with Crippen molar-refractivity contribution in [2.45, 2.75) is 25.5 Å². The Morgan fingerprint density at radius 1 is 1.53 bits per heavy atom. The fourth-order valence-corrected chi connectivity index (χ4v) is 2.13. The third-order valence-corrected chi connectivity index (χ3v) is 3.17. The van der Waals surface area contributed by atoms with Gasteiger partial charge in [-0.2, -0.15) is 0 Å². The molecular formula is C9H17BrN4O. The predicted molar refractivity (Wildman–Crippen MR) is 61.6 cm³/mol. The van der Waals surface area contributed by atoms with E-state index >= 15 is 0 Å². The van der Waals surface area contributed by atoms with Gasteiger partial charge in [-0.3, -0.25) is 0 Å². The monoisotopic (exact) mass is 276 g/mol. The maximum absolute atomic E-state index is 5.47. The Labute approximate surface area is 98.3 Å². The summed E-state index contributed by atoms with van der Waals surface area (Å²) in [6.07, 6.45) is 0. The summed E-state index contributed by atoms with van der Waals surface area (Å²) in [6.45, 7) is 4.04. The zero-order chi connectivity index (χ0) is 11.6. The zero-order valence-corrected chi connectivity index (χ0v) is 11.3. The van der Waals surface area contributed by atoms with Crippen LogP contribution in [-0.4, -0.2) is 34.8 Å². The first-order valence-corrected chi connectivity index (χ1v) is 5.50. The van der Waals surface area contributed by atoms with Crippen molar-refractivity contribution in [2.24, 2.45) is 7.05 Å². The molecule has 1 atom stereocenters. The summed E-state index contributed by atoms with van der Waals surface area (Å²) in [5.74, 6) is 0. The lowest BCUT2D eigenvalue weighted by Gasteiger charge is -2.32. The number of halogens is 1. The summed E-state index contributed by atoms with van der Waals surface area (Å²) in [5.41, 5.74) is 0.650. The van der Waals surface area contributed by atoms with Gasteiger partial charge < -0.3 is 10.1 Å². The number of likely N-dealkylation sites (N-methyl/N-ethyl adjacent to an activating group) is 1. The number of aromatic nitrogens is 3. The van der Waals surface area contributed by atoms with Crippen LogP contribution in [0.5, 0.6) is 0 Å². The topological polar surface area (TPSA) is 52.0 Å².